The third kappa shape index (κ3) is 1.66. The molecule has 14 heavy (non-hydrogen) atoms. The van der Waals surface area contributed by atoms with Crippen molar-refractivity contribution in [3.8, 4) is 0 Å². The molecule has 1 nitrogen and oxygen atoms in total. The zero-order valence-electron chi connectivity index (χ0n) is 8.06. The molecular weight excluding hydrogens is 306 g/mol. The maximum atomic E-state index is 6.13. The van der Waals surface area contributed by atoms with Crippen LogP contribution in [0.1, 0.15) is 42.9 Å². The molecule has 0 saturated carbocycles. The predicted molar refractivity (Wildman–Crippen MR) is 66.4 cm³/mol. The standard InChI is InChI=1S/C11H13Br2N/c1-6-2-5-9(14)11-8(13)4-3-7(12)10(6)11/h3-4,6,9H,2,5,14H2,1H3. The normalized spacial score (nSPS) is 26.0. The Bertz CT molecular complexity index is 328. The average Bonchev–Trinajstić information content (AvgIpc) is 2.16. The molecule has 0 heterocycles. The van der Waals surface area contributed by atoms with Gasteiger partial charge in [0.25, 0.3) is 0 Å². The molecule has 1 aromatic carbocycles. The molecule has 2 rings (SSSR count). The van der Waals surface area contributed by atoms with Crippen molar-refractivity contribution in [3.05, 3.63) is 32.2 Å². The Hall–Kier alpha value is 0.140. The van der Waals surface area contributed by atoms with Gasteiger partial charge in [-0.15, -0.1) is 0 Å². The Labute approximate surface area is 101 Å². The van der Waals surface area contributed by atoms with Crippen LogP contribution in [0.15, 0.2) is 21.1 Å². The molecule has 0 bridgehead atoms. The highest BCUT2D eigenvalue weighted by Gasteiger charge is 2.26. The molecular formula is C11H13Br2N. The van der Waals surface area contributed by atoms with Crippen molar-refractivity contribution in [1.82, 2.24) is 0 Å². The van der Waals surface area contributed by atoms with Crippen LogP contribution in [0.25, 0.3) is 0 Å². The topological polar surface area (TPSA) is 26.0 Å². The number of halogens is 2. The summed E-state index contributed by atoms with van der Waals surface area (Å²) in [5.74, 6) is 0.608. The van der Waals surface area contributed by atoms with Gasteiger partial charge in [-0.25, -0.2) is 0 Å². The SMILES string of the molecule is CC1CCC(N)c2c(Br)ccc(Br)c21. The zero-order valence-corrected chi connectivity index (χ0v) is 11.2. The van der Waals surface area contributed by atoms with Crippen LogP contribution in [0.5, 0.6) is 0 Å². The van der Waals surface area contributed by atoms with Gasteiger partial charge < -0.3 is 5.73 Å². The number of benzene rings is 1. The minimum atomic E-state index is 0.188. The molecule has 0 amide bonds. The number of hydrogen-bond acceptors (Lipinski definition) is 1. The van der Waals surface area contributed by atoms with Gasteiger partial charge in [-0.3, -0.25) is 0 Å². The Kier molecular flexibility index (Phi) is 3.01. The summed E-state index contributed by atoms with van der Waals surface area (Å²) < 4.78 is 2.34. The minimum Gasteiger partial charge on any atom is -0.324 e. The van der Waals surface area contributed by atoms with E-state index in [4.69, 9.17) is 5.73 Å². The summed E-state index contributed by atoms with van der Waals surface area (Å²) in [6, 6.07) is 4.35. The highest BCUT2D eigenvalue weighted by Crippen LogP contribution is 2.43. The van der Waals surface area contributed by atoms with Crippen molar-refractivity contribution >= 4 is 31.9 Å². The summed E-state index contributed by atoms with van der Waals surface area (Å²) in [5, 5.41) is 0. The van der Waals surface area contributed by atoms with Crippen LogP contribution in [0, 0.1) is 0 Å². The summed E-state index contributed by atoms with van der Waals surface area (Å²) in [4.78, 5) is 0. The van der Waals surface area contributed by atoms with Crippen molar-refractivity contribution in [1.29, 1.82) is 0 Å². The molecule has 1 aliphatic rings. The van der Waals surface area contributed by atoms with Crippen LogP contribution < -0.4 is 5.73 Å². The van der Waals surface area contributed by atoms with E-state index in [2.05, 4.69) is 50.9 Å². The van der Waals surface area contributed by atoms with Gasteiger partial charge in [-0.1, -0.05) is 38.8 Å². The third-order valence-electron chi connectivity index (χ3n) is 2.96. The van der Waals surface area contributed by atoms with E-state index in [1.807, 2.05) is 0 Å². The maximum absolute atomic E-state index is 6.13. The Morgan fingerprint density at radius 3 is 2.29 bits per heavy atom. The Morgan fingerprint density at radius 1 is 1.14 bits per heavy atom. The van der Waals surface area contributed by atoms with Crippen LogP contribution >= 0.6 is 31.9 Å². The van der Waals surface area contributed by atoms with Crippen molar-refractivity contribution in [2.24, 2.45) is 5.73 Å². The van der Waals surface area contributed by atoms with E-state index >= 15 is 0 Å². The summed E-state index contributed by atoms with van der Waals surface area (Å²) in [7, 11) is 0. The fourth-order valence-electron chi connectivity index (χ4n) is 2.18. The fraction of sp³-hybridized carbons (Fsp3) is 0.455. The highest BCUT2D eigenvalue weighted by molar-refractivity contribution is 9.11. The molecule has 0 radical (unpaired) electrons. The lowest BCUT2D eigenvalue weighted by molar-refractivity contribution is 0.510. The minimum absolute atomic E-state index is 0.188. The predicted octanol–water partition coefficient (Wildman–Crippen LogP) is 4.11. The molecule has 2 N–H and O–H groups in total. The lowest BCUT2D eigenvalue weighted by atomic mass is 9.81. The summed E-state index contributed by atoms with van der Waals surface area (Å²) in [6.07, 6.45) is 2.27. The van der Waals surface area contributed by atoms with Crippen molar-refractivity contribution < 1.29 is 0 Å². The molecule has 1 aromatic rings. The largest absolute Gasteiger partial charge is 0.324 e. The van der Waals surface area contributed by atoms with Gasteiger partial charge in [0, 0.05) is 15.0 Å². The Morgan fingerprint density at radius 2 is 1.71 bits per heavy atom. The van der Waals surface area contributed by atoms with E-state index in [9.17, 15) is 0 Å². The molecule has 2 atom stereocenters. The molecule has 3 heteroatoms. The van der Waals surface area contributed by atoms with Gasteiger partial charge in [0.15, 0.2) is 0 Å². The number of rotatable bonds is 0. The van der Waals surface area contributed by atoms with E-state index in [0.717, 1.165) is 10.9 Å². The van der Waals surface area contributed by atoms with Crippen molar-refractivity contribution in [2.45, 2.75) is 31.7 Å². The van der Waals surface area contributed by atoms with Gasteiger partial charge >= 0.3 is 0 Å². The van der Waals surface area contributed by atoms with Gasteiger partial charge in [0.05, 0.1) is 0 Å². The quantitative estimate of drug-likeness (QED) is 0.765. The average molecular weight is 319 g/mol. The monoisotopic (exact) mass is 317 g/mol. The van der Waals surface area contributed by atoms with Crippen LogP contribution in [0.4, 0.5) is 0 Å². The second-order valence-electron chi connectivity index (χ2n) is 3.94. The number of fused-ring (bicyclic) bond motifs is 1. The van der Waals surface area contributed by atoms with Gasteiger partial charge in [-0.2, -0.15) is 0 Å². The number of hydrogen-bond donors (Lipinski definition) is 1. The second kappa shape index (κ2) is 3.95. The van der Waals surface area contributed by atoms with E-state index < -0.39 is 0 Å². The van der Waals surface area contributed by atoms with E-state index in [0.29, 0.717) is 5.92 Å². The first kappa shape index (κ1) is 10.7. The number of nitrogens with two attached hydrogens (primary N) is 1. The Balaban J connectivity index is 2.65. The van der Waals surface area contributed by atoms with Gasteiger partial charge in [0.1, 0.15) is 0 Å². The summed E-state index contributed by atoms with van der Waals surface area (Å²) in [6.45, 7) is 2.27. The van der Waals surface area contributed by atoms with E-state index in [1.54, 1.807) is 0 Å². The first-order valence-corrected chi connectivity index (χ1v) is 6.43. The smallest absolute Gasteiger partial charge is 0.0309 e. The highest BCUT2D eigenvalue weighted by atomic mass is 79.9. The molecule has 0 aromatic heterocycles. The molecule has 2 unspecified atom stereocenters. The molecule has 0 aliphatic heterocycles. The fourth-order valence-corrected chi connectivity index (χ4v) is 3.56. The third-order valence-corrected chi connectivity index (χ3v) is 4.34. The second-order valence-corrected chi connectivity index (χ2v) is 5.65. The van der Waals surface area contributed by atoms with Crippen molar-refractivity contribution in [2.75, 3.05) is 0 Å². The van der Waals surface area contributed by atoms with E-state index in [-0.39, 0.29) is 6.04 Å². The van der Waals surface area contributed by atoms with Crippen LogP contribution in [0.3, 0.4) is 0 Å². The van der Waals surface area contributed by atoms with Crippen LogP contribution in [-0.2, 0) is 0 Å². The first-order valence-electron chi connectivity index (χ1n) is 4.84. The van der Waals surface area contributed by atoms with E-state index in [1.165, 1.54) is 22.0 Å². The molecule has 0 saturated heterocycles. The molecule has 0 spiro atoms. The van der Waals surface area contributed by atoms with Crippen molar-refractivity contribution in [3.63, 3.8) is 0 Å². The summed E-state index contributed by atoms with van der Waals surface area (Å²) in [5.41, 5.74) is 8.80. The maximum Gasteiger partial charge on any atom is 0.0309 e. The zero-order chi connectivity index (χ0) is 10.3. The van der Waals surface area contributed by atoms with Crippen LogP contribution in [0.2, 0.25) is 0 Å². The molecule has 76 valence electrons. The van der Waals surface area contributed by atoms with Crippen LogP contribution in [-0.4, -0.2) is 0 Å². The molecule has 0 fully saturated rings. The van der Waals surface area contributed by atoms with Gasteiger partial charge in [-0.05, 0) is 42.0 Å². The lowest BCUT2D eigenvalue weighted by Crippen LogP contribution is -2.20. The summed E-state index contributed by atoms with van der Waals surface area (Å²) >= 11 is 7.19. The van der Waals surface area contributed by atoms with Gasteiger partial charge in [0.2, 0.25) is 0 Å². The lowest BCUT2D eigenvalue weighted by Gasteiger charge is -2.29. The first-order chi connectivity index (χ1) is 6.61. The molecule has 1 aliphatic carbocycles.